The molecule has 0 bridgehead atoms. The summed E-state index contributed by atoms with van der Waals surface area (Å²) < 4.78 is 7.18. The molecule has 1 aliphatic rings. The highest BCUT2D eigenvalue weighted by atomic mass is 32.1. The van der Waals surface area contributed by atoms with E-state index in [-0.39, 0.29) is 5.91 Å². The molecule has 3 heterocycles. The first kappa shape index (κ1) is 17.4. The average Bonchev–Trinajstić information content (AvgIpc) is 3.28. The fraction of sp³-hybridized carbons (Fsp3) is 0.304. The Kier molecular flexibility index (Phi) is 4.20. The Morgan fingerprint density at radius 3 is 2.71 bits per heavy atom. The summed E-state index contributed by atoms with van der Waals surface area (Å²) in [4.78, 5) is 19.8. The molecule has 0 saturated carbocycles. The summed E-state index contributed by atoms with van der Waals surface area (Å²) in [7, 11) is 0. The van der Waals surface area contributed by atoms with Crippen molar-refractivity contribution in [3.8, 4) is 0 Å². The van der Waals surface area contributed by atoms with Crippen molar-refractivity contribution in [1.29, 1.82) is 0 Å². The normalized spacial score (nSPS) is 15.6. The molecule has 2 aromatic heterocycles. The number of aromatic nitrogens is 1. The average molecular weight is 391 g/mol. The van der Waals surface area contributed by atoms with Crippen LogP contribution >= 0.6 is 11.3 Å². The number of piperidine rings is 1. The standard InChI is InChI=1S/C23H22N2O2S/c1-14-7-8-17-15(2)21(27-19(17)13-14)23(26)25-11-9-16(10-12-25)22-24-18-5-3-4-6-20(18)28-22/h3-8,13,16H,9-12H2,1-2H3. The van der Waals surface area contributed by atoms with Crippen molar-refractivity contribution < 1.29 is 9.21 Å². The molecule has 0 unspecified atom stereocenters. The van der Waals surface area contributed by atoms with Gasteiger partial charge in [0, 0.05) is 30.0 Å². The predicted octanol–water partition coefficient (Wildman–Crippen LogP) is 5.68. The lowest BCUT2D eigenvalue weighted by Gasteiger charge is -2.30. The lowest BCUT2D eigenvalue weighted by Crippen LogP contribution is -2.38. The number of aryl methyl sites for hydroxylation is 2. The molecular formula is C23H22N2O2S. The summed E-state index contributed by atoms with van der Waals surface area (Å²) in [5.41, 5.74) is 3.95. The number of nitrogens with zero attached hydrogens (tertiary/aromatic N) is 2. The van der Waals surface area contributed by atoms with Crippen molar-refractivity contribution in [3.63, 3.8) is 0 Å². The summed E-state index contributed by atoms with van der Waals surface area (Å²) in [5, 5.41) is 2.22. The molecule has 0 aliphatic carbocycles. The minimum atomic E-state index is 0.00843. The van der Waals surface area contributed by atoms with Crippen LogP contribution in [0.4, 0.5) is 0 Å². The van der Waals surface area contributed by atoms with Crippen molar-refractivity contribution in [3.05, 3.63) is 64.4 Å². The number of carbonyl (C=O) groups is 1. The van der Waals surface area contributed by atoms with Crippen molar-refractivity contribution in [1.82, 2.24) is 9.88 Å². The third-order valence-corrected chi connectivity index (χ3v) is 6.93. The summed E-state index contributed by atoms with van der Waals surface area (Å²) in [5.74, 6) is 0.925. The molecule has 2 aromatic carbocycles. The third kappa shape index (κ3) is 2.90. The second-order valence-electron chi connectivity index (χ2n) is 7.64. The number of hydrogen-bond donors (Lipinski definition) is 0. The number of thiazole rings is 1. The first-order chi connectivity index (χ1) is 13.6. The number of fused-ring (bicyclic) bond motifs is 2. The van der Waals surface area contributed by atoms with E-state index in [4.69, 9.17) is 9.40 Å². The fourth-order valence-electron chi connectivity index (χ4n) is 4.07. The van der Waals surface area contributed by atoms with Gasteiger partial charge in [0.1, 0.15) is 5.58 Å². The molecule has 142 valence electrons. The zero-order valence-corrected chi connectivity index (χ0v) is 16.9. The maximum atomic E-state index is 13.1. The van der Waals surface area contributed by atoms with Crippen molar-refractivity contribution in [2.45, 2.75) is 32.6 Å². The van der Waals surface area contributed by atoms with E-state index in [1.54, 1.807) is 11.3 Å². The number of hydrogen-bond acceptors (Lipinski definition) is 4. The van der Waals surface area contributed by atoms with Crippen LogP contribution in [-0.2, 0) is 0 Å². The maximum absolute atomic E-state index is 13.1. The summed E-state index contributed by atoms with van der Waals surface area (Å²) >= 11 is 1.78. The summed E-state index contributed by atoms with van der Waals surface area (Å²) in [6, 6.07) is 14.4. The third-order valence-electron chi connectivity index (χ3n) is 5.73. The lowest BCUT2D eigenvalue weighted by atomic mass is 9.97. The van der Waals surface area contributed by atoms with Crippen molar-refractivity contribution in [2.24, 2.45) is 0 Å². The molecule has 0 N–H and O–H groups in total. The Labute approximate surface area is 167 Å². The molecule has 1 fully saturated rings. The van der Waals surface area contributed by atoms with Crippen LogP contribution in [0.25, 0.3) is 21.2 Å². The quantitative estimate of drug-likeness (QED) is 0.442. The number of rotatable bonds is 2. The van der Waals surface area contributed by atoms with E-state index in [0.717, 1.165) is 53.5 Å². The molecule has 1 saturated heterocycles. The van der Waals surface area contributed by atoms with Gasteiger partial charge in [0.15, 0.2) is 5.76 Å². The number of benzene rings is 2. The molecule has 28 heavy (non-hydrogen) atoms. The van der Waals surface area contributed by atoms with E-state index in [2.05, 4.69) is 24.3 Å². The molecule has 4 aromatic rings. The van der Waals surface area contributed by atoms with Gasteiger partial charge in [-0.3, -0.25) is 4.79 Å². The van der Waals surface area contributed by atoms with E-state index >= 15 is 0 Å². The van der Waals surface area contributed by atoms with E-state index in [1.807, 2.05) is 36.9 Å². The molecule has 5 heteroatoms. The van der Waals surface area contributed by atoms with E-state index in [0.29, 0.717) is 11.7 Å². The number of amides is 1. The molecule has 4 nitrogen and oxygen atoms in total. The SMILES string of the molecule is Cc1ccc2c(C)c(C(=O)N3CCC(c4nc5ccccc5s4)CC3)oc2c1. The summed E-state index contributed by atoms with van der Waals surface area (Å²) in [6.45, 7) is 5.50. The first-order valence-electron chi connectivity index (χ1n) is 9.74. The molecule has 1 amide bonds. The number of furan rings is 1. The summed E-state index contributed by atoms with van der Waals surface area (Å²) in [6.07, 6.45) is 1.90. The van der Waals surface area contributed by atoms with Crippen LogP contribution in [-0.4, -0.2) is 28.9 Å². The van der Waals surface area contributed by atoms with Gasteiger partial charge in [-0.05, 0) is 50.5 Å². The zero-order chi connectivity index (χ0) is 19.3. The van der Waals surface area contributed by atoms with Crippen LogP contribution in [0, 0.1) is 13.8 Å². The number of likely N-dealkylation sites (tertiary alicyclic amines) is 1. The van der Waals surface area contributed by atoms with Gasteiger partial charge in [-0.25, -0.2) is 4.98 Å². The lowest BCUT2D eigenvalue weighted by molar-refractivity contribution is 0.0682. The van der Waals surface area contributed by atoms with Crippen molar-refractivity contribution >= 4 is 38.4 Å². The van der Waals surface area contributed by atoms with E-state index in [9.17, 15) is 4.79 Å². The van der Waals surface area contributed by atoms with Gasteiger partial charge in [0.2, 0.25) is 0 Å². The van der Waals surface area contributed by atoms with Crippen LogP contribution in [0.5, 0.6) is 0 Å². The van der Waals surface area contributed by atoms with E-state index < -0.39 is 0 Å². The molecule has 0 atom stereocenters. The van der Waals surface area contributed by atoms with Gasteiger partial charge in [-0.1, -0.05) is 24.3 Å². The smallest absolute Gasteiger partial charge is 0.289 e. The molecule has 0 spiro atoms. The van der Waals surface area contributed by atoms with E-state index in [1.165, 1.54) is 9.71 Å². The highest BCUT2D eigenvalue weighted by Gasteiger charge is 2.29. The number of carbonyl (C=O) groups excluding carboxylic acids is 1. The van der Waals surface area contributed by atoms with Crippen LogP contribution in [0.3, 0.4) is 0 Å². The van der Waals surface area contributed by atoms with Crippen LogP contribution in [0.15, 0.2) is 46.9 Å². The highest BCUT2D eigenvalue weighted by molar-refractivity contribution is 7.18. The second kappa shape index (κ2) is 6.74. The predicted molar refractivity (Wildman–Crippen MR) is 113 cm³/mol. The highest BCUT2D eigenvalue weighted by Crippen LogP contribution is 2.35. The van der Waals surface area contributed by atoms with Gasteiger partial charge in [0.25, 0.3) is 5.91 Å². The minimum Gasteiger partial charge on any atom is -0.451 e. The monoisotopic (exact) mass is 390 g/mol. The van der Waals surface area contributed by atoms with Gasteiger partial charge in [-0.15, -0.1) is 11.3 Å². The zero-order valence-electron chi connectivity index (χ0n) is 16.1. The van der Waals surface area contributed by atoms with Gasteiger partial charge < -0.3 is 9.32 Å². The Morgan fingerprint density at radius 1 is 1.14 bits per heavy atom. The number of para-hydroxylation sites is 1. The van der Waals surface area contributed by atoms with Crippen molar-refractivity contribution in [2.75, 3.05) is 13.1 Å². The minimum absolute atomic E-state index is 0.00843. The molecular weight excluding hydrogens is 368 g/mol. The largest absolute Gasteiger partial charge is 0.451 e. The Bertz CT molecular complexity index is 1150. The topological polar surface area (TPSA) is 46.3 Å². The van der Waals surface area contributed by atoms with Crippen LogP contribution in [0.2, 0.25) is 0 Å². The molecule has 5 rings (SSSR count). The fourth-order valence-corrected chi connectivity index (χ4v) is 5.21. The maximum Gasteiger partial charge on any atom is 0.289 e. The van der Waals surface area contributed by atoms with Crippen LogP contribution < -0.4 is 0 Å². The van der Waals surface area contributed by atoms with Gasteiger partial charge in [0.05, 0.1) is 15.2 Å². The molecule has 1 aliphatic heterocycles. The Balaban J connectivity index is 1.34. The second-order valence-corrected chi connectivity index (χ2v) is 8.70. The van der Waals surface area contributed by atoms with Crippen LogP contribution in [0.1, 0.15) is 45.4 Å². The Morgan fingerprint density at radius 2 is 1.93 bits per heavy atom. The van der Waals surface area contributed by atoms with Gasteiger partial charge >= 0.3 is 0 Å². The Hall–Kier alpha value is -2.66. The first-order valence-corrected chi connectivity index (χ1v) is 10.6. The van der Waals surface area contributed by atoms with Gasteiger partial charge in [-0.2, -0.15) is 0 Å². The molecule has 0 radical (unpaired) electrons.